The lowest BCUT2D eigenvalue weighted by molar-refractivity contribution is -0.0140. The minimum atomic E-state index is -0.00734. The van der Waals surface area contributed by atoms with E-state index < -0.39 is 0 Å². The van der Waals surface area contributed by atoms with E-state index >= 15 is 0 Å². The van der Waals surface area contributed by atoms with Crippen LogP contribution in [0.1, 0.15) is 32.6 Å². The van der Waals surface area contributed by atoms with Crippen molar-refractivity contribution in [2.45, 2.75) is 38.2 Å². The molecule has 1 fully saturated rings. The zero-order valence-electron chi connectivity index (χ0n) is 10.6. The van der Waals surface area contributed by atoms with Crippen LogP contribution >= 0.6 is 27.5 Å². The highest BCUT2D eigenvalue weighted by Gasteiger charge is 2.39. The SMILES string of the molecule is CCNCCC1(Oc2cc(Br)ccc2Cl)CCC1. The number of ether oxygens (including phenoxy) is 1. The fourth-order valence-electron chi connectivity index (χ4n) is 2.26. The lowest BCUT2D eigenvalue weighted by atomic mass is 9.77. The molecule has 0 amide bonds. The van der Waals surface area contributed by atoms with Crippen molar-refractivity contribution in [1.29, 1.82) is 0 Å². The first-order valence-corrected chi connectivity index (χ1v) is 7.67. The Kier molecular flexibility index (Phi) is 4.93. The third-order valence-corrected chi connectivity index (χ3v) is 4.30. The topological polar surface area (TPSA) is 21.3 Å². The van der Waals surface area contributed by atoms with Crippen molar-refractivity contribution in [3.05, 3.63) is 27.7 Å². The Morgan fingerprint density at radius 2 is 2.22 bits per heavy atom. The second kappa shape index (κ2) is 6.27. The van der Waals surface area contributed by atoms with Crippen LogP contribution in [0.5, 0.6) is 5.75 Å². The number of halogens is 2. The van der Waals surface area contributed by atoms with Crippen molar-refractivity contribution >= 4 is 27.5 Å². The van der Waals surface area contributed by atoms with E-state index in [1.165, 1.54) is 6.42 Å². The summed E-state index contributed by atoms with van der Waals surface area (Å²) in [7, 11) is 0. The Balaban J connectivity index is 2.03. The van der Waals surface area contributed by atoms with Crippen LogP contribution in [-0.4, -0.2) is 18.7 Å². The van der Waals surface area contributed by atoms with Crippen LogP contribution in [0.25, 0.3) is 0 Å². The Bertz CT molecular complexity index is 407. The fourth-order valence-corrected chi connectivity index (χ4v) is 2.75. The molecule has 1 aromatic rings. The third-order valence-electron chi connectivity index (χ3n) is 3.49. The number of nitrogens with one attached hydrogen (secondary N) is 1. The maximum atomic E-state index is 6.19. The lowest BCUT2D eigenvalue weighted by Crippen LogP contribution is -2.45. The van der Waals surface area contributed by atoms with E-state index in [-0.39, 0.29) is 5.60 Å². The maximum absolute atomic E-state index is 6.19. The maximum Gasteiger partial charge on any atom is 0.139 e. The van der Waals surface area contributed by atoms with Gasteiger partial charge in [-0.1, -0.05) is 34.5 Å². The van der Waals surface area contributed by atoms with Crippen LogP contribution in [0, 0.1) is 0 Å². The molecular weight excluding hydrogens is 314 g/mol. The van der Waals surface area contributed by atoms with Gasteiger partial charge in [0.05, 0.1) is 5.02 Å². The summed E-state index contributed by atoms with van der Waals surface area (Å²) in [6.07, 6.45) is 4.55. The molecule has 0 atom stereocenters. The van der Waals surface area contributed by atoms with Crippen molar-refractivity contribution in [2.24, 2.45) is 0 Å². The standard InChI is InChI=1S/C14H19BrClNO/c1-2-17-9-8-14(6-3-7-14)18-13-10-11(15)4-5-12(13)16/h4-5,10,17H,2-3,6-9H2,1H3. The highest BCUT2D eigenvalue weighted by atomic mass is 79.9. The highest BCUT2D eigenvalue weighted by molar-refractivity contribution is 9.10. The molecule has 1 aliphatic rings. The van der Waals surface area contributed by atoms with Gasteiger partial charge in [0, 0.05) is 4.47 Å². The fraction of sp³-hybridized carbons (Fsp3) is 0.571. The quantitative estimate of drug-likeness (QED) is 0.779. The molecule has 0 spiro atoms. The van der Waals surface area contributed by atoms with E-state index in [9.17, 15) is 0 Å². The van der Waals surface area contributed by atoms with Gasteiger partial charge in [-0.3, -0.25) is 0 Å². The van der Waals surface area contributed by atoms with Crippen LogP contribution in [0.4, 0.5) is 0 Å². The van der Waals surface area contributed by atoms with E-state index in [0.29, 0.717) is 5.02 Å². The first-order valence-electron chi connectivity index (χ1n) is 6.50. The molecular formula is C14H19BrClNO. The van der Waals surface area contributed by atoms with Gasteiger partial charge in [-0.25, -0.2) is 0 Å². The largest absolute Gasteiger partial charge is 0.486 e. The number of hydrogen-bond donors (Lipinski definition) is 1. The van der Waals surface area contributed by atoms with Crippen molar-refractivity contribution in [1.82, 2.24) is 5.32 Å². The minimum absolute atomic E-state index is 0.00734. The second-order valence-corrected chi connectivity index (χ2v) is 6.14. The van der Waals surface area contributed by atoms with E-state index in [0.717, 1.165) is 42.6 Å². The van der Waals surface area contributed by atoms with Gasteiger partial charge in [-0.05, 0) is 57.0 Å². The van der Waals surface area contributed by atoms with Gasteiger partial charge >= 0.3 is 0 Å². The number of hydrogen-bond acceptors (Lipinski definition) is 2. The molecule has 100 valence electrons. The van der Waals surface area contributed by atoms with Gasteiger partial charge in [-0.2, -0.15) is 0 Å². The number of rotatable bonds is 6. The lowest BCUT2D eigenvalue weighted by Gasteiger charge is -2.42. The average Bonchev–Trinajstić information content (AvgIpc) is 2.30. The predicted octanol–water partition coefficient (Wildman–Crippen LogP) is 4.40. The molecule has 18 heavy (non-hydrogen) atoms. The second-order valence-electron chi connectivity index (χ2n) is 4.82. The zero-order chi connectivity index (χ0) is 13.0. The summed E-state index contributed by atoms with van der Waals surface area (Å²) in [6.45, 7) is 4.13. The molecule has 2 nitrogen and oxygen atoms in total. The van der Waals surface area contributed by atoms with Gasteiger partial charge in [0.1, 0.15) is 11.4 Å². The molecule has 0 aliphatic heterocycles. The Hall–Kier alpha value is -0.250. The molecule has 0 unspecified atom stereocenters. The Labute approximate surface area is 122 Å². The van der Waals surface area contributed by atoms with Gasteiger partial charge in [-0.15, -0.1) is 0 Å². The Morgan fingerprint density at radius 1 is 1.44 bits per heavy atom. The van der Waals surface area contributed by atoms with Gasteiger partial charge in [0.15, 0.2) is 0 Å². The van der Waals surface area contributed by atoms with E-state index in [1.807, 2.05) is 18.2 Å². The van der Waals surface area contributed by atoms with Crippen LogP contribution in [0.2, 0.25) is 5.02 Å². The molecule has 0 heterocycles. The first-order chi connectivity index (χ1) is 8.65. The molecule has 0 saturated heterocycles. The van der Waals surface area contributed by atoms with Crippen LogP contribution in [-0.2, 0) is 0 Å². The summed E-state index contributed by atoms with van der Waals surface area (Å²) in [6, 6.07) is 5.76. The molecule has 0 aromatic heterocycles. The van der Waals surface area contributed by atoms with Crippen LogP contribution < -0.4 is 10.1 Å². The monoisotopic (exact) mass is 331 g/mol. The summed E-state index contributed by atoms with van der Waals surface area (Å²) in [4.78, 5) is 0. The molecule has 1 saturated carbocycles. The van der Waals surface area contributed by atoms with Crippen molar-refractivity contribution < 1.29 is 4.74 Å². The molecule has 0 bridgehead atoms. The summed E-state index contributed by atoms with van der Waals surface area (Å²) < 4.78 is 7.20. The van der Waals surface area contributed by atoms with Crippen molar-refractivity contribution in [3.8, 4) is 5.75 Å². The molecule has 4 heteroatoms. The zero-order valence-corrected chi connectivity index (χ0v) is 13.0. The van der Waals surface area contributed by atoms with E-state index in [2.05, 4.69) is 28.2 Å². The predicted molar refractivity (Wildman–Crippen MR) is 79.5 cm³/mol. The smallest absolute Gasteiger partial charge is 0.139 e. The summed E-state index contributed by atoms with van der Waals surface area (Å²) in [5, 5.41) is 4.05. The molecule has 1 N–H and O–H groups in total. The minimum Gasteiger partial charge on any atom is -0.486 e. The van der Waals surface area contributed by atoms with Crippen LogP contribution in [0.3, 0.4) is 0 Å². The van der Waals surface area contributed by atoms with Crippen molar-refractivity contribution in [3.63, 3.8) is 0 Å². The van der Waals surface area contributed by atoms with E-state index in [1.54, 1.807) is 0 Å². The van der Waals surface area contributed by atoms with Crippen molar-refractivity contribution in [2.75, 3.05) is 13.1 Å². The molecule has 0 radical (unpaired) electrons. The highest BCUT2D eigenvalue weighted by Crippen LogP contribution is 2.41. The van der Waals surface area contributed by atoms with Gasteiger partial charge in [0.25, 0.3) is 0 Å². The number of benzene rings is 1. The summed E-state index contributed by atoms with van der Waals surface area (Å²) in [5.41, 5.74) is -0.00734. The average molecular weight is 333 g/mol. The Morgan fingerprint density at radius 3 is 2.83 bits per heavy atom. The molecule has 1 aliphatic carbocycles. The van der Waals surface area contributed by atoms with Gasteiger partial charge < -0.3 is 10.1 Å². The normalized spacial score (nSPS) is 17.3. The third kappa shape index (κ3) is 3.40. The first kappa shape index (κ1) is 14.2. The molecule has 2 rings (SSSR count). The van der Waals surface area contributed by atoms with Crippen LogP contribution in [0.15, 0.2) is 22.7 Å². The van der Waals surface area contributed by atoms with E-state index in [4.69, 9.17) is 16.3 Å². The van der Waals surface area contributed by atoms with Gasteiger partial charge in [0.2, 0.25) is 0 Å². The summed E-state index contributed by atoms with van der Waals surface area (Å²) >= 11 is 9.64. The molecule has 1 aromatic carbocycles. The summed E-state index contributed by atoms with van der Waals surface area (Å²) in [5.74, 6) is 0.794.